The molecule has 1 atom stereocenters. The summed E-state index contributed by atoms with van der Waals surface area (Å²) in [6.45, 7) is 7.23. The maximum absolute atomic E-state index is 13.3. The van der Waals surface area contributed by atoms with Crippen LogP contribution in [0.15, 0.2) is 48.5 Å². The van der Waals surface area contributed by atoms with Gasteiger partial charge in [-0.1, -0.05) is 36.4 Å². The number of anilines is 1. The molecule has 2 aromatic carbocycles. The van der Waals surface area contributed by atoms with Crippen molar-refractivity contribution in [3.63, 3.8) is 0 Å². The fourth-order valence-electron chi connectivity index (χ4n) is 5.31. The van der Waals surface area contributed by atoms with E-state index in [9.17, 15) is 24.0 Å². The predicted octanol–water partition coefficient (Wildman–Crippen LogP) is 3.77. The first-order valence-corrected chi connectivity index (χ1v) is 13.9. The van der Waals surface area contributed by atoms with Crippen LogP contribution in [0.1, 0.15) is 71.9 Å². The normalized spacial score (nSPS) is 19.1. The first kappa shape index (κ1) is 28.1. The summed E-state index contributed by atoms with van der Waals surface area (Å²) >= 11 is 0. The molecule has 0 saturated carbocycles. The van der Waals surface area contributed by atoms with Gasteiger partial charge in [-0.25, -0.2) is 4.79 Å². The summed E-state index contributed by atoms with van der Waals surface area (Å²) in [4.78, 5) is 65.2. The summed E-state index contributed by atoms with van der Waals surface area (Å²) < 4.78 is 5.47. The molecular weight excluding hydrogens is 524 g/mol. The second kappa shape index (κ2) is 11.2. The lowest BCUT2D eigenvalue weighted by Crippen LogP contribution is -2.54. The van der Waals surface area contributed by atoms with Crippen molar-refractivity contribution >= 4 is 41.0 Å². The highest BCUT2D eigenvalue weighted by Crippen LogP contribution is 2.32. The van der Waals surface area contributed by atoms with Gasteiger partial charge in [0.1, 0.15) is 11.6 Å². The molecule has 3 aliphatic rings. The third-order valence-electron chi connectivity index (χ3n) is 7.38. The van der Waals surface area contributed by atoms with Crippen molar-refractivity contribution in [1.29, 1.82) is 0 Å². The maximum atomic E-state index is 13.3. The molecule has 0 bridgehead atoms. The smallest absolute Gasteiger partial charge is 0.410 e. The van der Waals surface area contributed by atoms with Crippen molar-refractivity contribution in [2.75, 3.05) is 25.0 Å². The van der Waals surface area contributed by atoms with Crippen molar-refractivity contribution in [3.8, 4) is 0 Å². The quantitative estimate of drug-likeness (QED) is 0.517. The topological polar surface area (TPSA) is 125 Å². The Morgan fingerprint density at radius 1 is 1.02 bits per heavy atom. The number of ether oxygens (including phenoxy) is 1. The molecule has 5 rings (SSSR count). The van der Waals surface area contributed by atoms with Gasteiger partial charge in [0.05, 0.1) is 11.1 Å². The molecule has 5 amide bonds. The van der Waals surface area contributed by atoms with Gasteiger partial charge < -0.3 is 15.0 Å². The van der Waals surface area contributed by atoms with Crippen LogP contribution in [-0.2, 0) is 20.7 Å². The molecule has 10 nitrogen and oxygen atoms in total. The molecule has 3 aliphatic heterocycles. The number of imide groups is 2. The number of nitrogens with zero attached hydrogens (tertiary/aromatic N) is 2. The zero-order chi connectivity index (χ0) is 29.3. The number of benzene rings is 2. The van der Waals surface area contributed by atoms with Crippen LogP contribution in [0.2, 0.25) is 0 Å². The Kier molecular flexibility index (Phi) is 7.66. The van der Waals surface area contributed by atoms with E-state index in [4.69, 9.17) is 4.74 Å². The second-order valence-corrected chi connectivity index (χ2v) is 11.5. The fraction of sp³-hybridized carbons (Fsp3) is 0.387. The molecular formula is C31H34N4O6. The van der Waals surface area contributed by atoms with E-state index in [-0.39, 0.29) is 30.1 Å². The van der Waals surface area contributed by atoms with Crippen LogP contribution in [0.25, 0.3) is 5.57 Å². The minimum Gasteiger partial charge on any atom is -0.444 e. The van der Waals surface area contributed by atoms with E-state index in [1.807, 2.05) is 20.8 Å². The van der Waals surface area contributed by atoms with Crippen molar-refractivity contribution in [2.45, 2.75) is 58.1 Å². The molecule has 2 aromatic rings. The number of carbonyl (C=O) groups is 5. The van der Waals surface area contributed by atoms with Gasteiger partial charge in [0.2, 0.25) is 11.8 Å². The van der Waals surface area contributed by atoms with Gasteiger partial charge in [-0.3, -0.25) is 29.4 Å². The van der Waals surface area contributed by atoms with Gasteiger partial charge in [0.15, 0.2) is 0 Å². The lowest BCUT2D eigenvalue weighted by Gasteiger charge is -2.29. The third kappa shape index (κ3) is 6.01. The van der Waals surface area contributed by atoms with Gasteiger partial charge in [0.25, 0.3) is 11.8 Å². The third-order valence-corrected chi connectivity index (χ3v) is 7.38. The largest absolute Gasteiger partial charge is 0.444 e. The van der Waals surface area contributed by atoms with Gasteiger partial charge in [-0.05, 0) is 68.9 Å². The Bertz CT molecular complexity index is 1440. The van der Waals surface area contributed by atoms with Crippen LogP contribution >= 0.6 is 0 Å². The number of amides is 5. The van der Waals surface area contributed by atoms with E-state index in [0.29, 0.717) is 31.7 Å². The van der Waals surface area contributed by atoms with E-state index in [1.165, 1.54) is 5.57 Å². The zero-order valence-corrected chi connectivity index (χ0v) is 23.5. The Morgan fingerprint density at radius 2 is 1.78 bits per heavy atom. The van der Waals surface area contributed by atoms with E-state index in [0.717, 1.165) is 22.4 Å². The van der Waals surface area contributed by atoms with Crippen LogP contribution in [0.5, 0.6) is 0 Å². The summed E-state index contributed by atoms with van der Waals surface area (Å²) in [7, 11) is 0. The first-order chi connectivity index (χ1) is 19.5. The molecule has 1 fully saturated rings. The standard InChI is InChI=1S/C31H34N4O6/c1-31(2,3)41-30(40)34-17-14-21(15-18-34)20-9-7-19(8-10-20)13-16-32-23-6-4-5-22-26(23)29(39)35(28(22)38)24-11-12-25(36)33-27(24)37/h4-10,14,24,32H,11-13,15-18H2,1-3H3,(H,33,36,37). The molecule has 3 heterocycles. The van der Waals surface area contributed by atoms with E-state index < -0.39 is 35.3 Å². The summed E-state index contributed by atoms with van der Waals surface area (Å²) in [5.41, 5.74) is 3.93. The molecule has 0 aliphatic carbocycles. The minimum absolute atomic E-state index is 0.0789. The second-order valence-electron chi connectivity index (χ2n) is 11.5. The summed E-state index contributed by atoms with van der Waals surface area (Å²) in [6.07, 6.45) is 3.41. The van der Waals surface area contributed by atoms with Gasteiger partial charge in [0, 0.05) is 31.7 Å². The SMILES string of the molecule is CC(C)(C)OC(=O)N1CC=C(c2ccc(CCNc3cccc4c3C(=O)N(C3CCC(=O)NC3=O)C4=O)cc2)CC1. The highest BCUT2D eigenvalue weighted by molar-refractivity contribution is 6.25. The molecule has 0 spiro atoms. The molecule has 214 valence electrons. The van der Waals surface area contributed by atoms with Gasteiger partial charge >= 0.3 is 6.09 Å². The number of piperidine rings is 1. The number of rotatable bonds is 6. The fourth-order valence-corrected chi connectivity index (χ4v) is 5.31. The van der Waals surface area contributed by atoms with E-state index in [2.05, 4.69) is 41.0 Å². The summed E-state index contributed by atoms with van der Waals surface area (Å²) in [5.74, 6) is -2.08. The lowest BCUT2D eigenvalue weighted by atomic mass is 9.98. The maximum Gasteiger partial charge on any atom is 0.410 e. The van der Waals surface area contributed by atoms with Crippen LogP contribution in [-0.4, -0.2) is 70.8 Å². The lowest BCUT2D eigenvalue weighted by molar-refractivity contribution is -0.136. The number of nitrogens with one attached hydrogen (secondary N) is 2. The monoisotopic (exact) mass is 558 g/mol. The highest BCUT2D eigenvalue weighted by atomic mass is 16.6. The van der Waals surface area contributed by atoms with E-state index >= 15 is 0 Å². The minimum atomic E-state index is -0.994. The zero-order valence-electron chi connectivity index (χ0n) is 23.5. The van der Waals surface area contributed by atoms with Gasteiger partial charge in [-0.15, -0.1) is 0 Å². The van der Waals surface area contributed by atoms with Crippen molar-refractivity contribution in [2.24, 2.45) is 0 Å². The first-order valence-electron chi connectivity index (χ1n) is 13.9. The number of fused-ring (bicyclic) bond motifs is 1. The van der Waals surface area contributed by atoms with E-state index in [1.54, 1.807) is 23.1 Å². The number of carbonyl (C=O) groups excluding carboxylic acids is 5. The molecule has 10 heteroatoms. The Balaban J connectivity index is 1.18. The predicted molar refractivity (Wildman–Crippen MR) is 152 cm³/mol. The van der Waals surface area contributed by atoms with Crippen LogP contribution in [0.3, 0.4) is 0 Å². The average molecular weight is 559 g/mol. The number of hydrogen-bond donors (Lipinski definition) is 2. The van der Waals surface area contributed by atoms with Crippen molar-refractivity contribution in [1.82, 2.24) is 15.1 Å². The van der Waals surface area contributed by atoms with Crippen molar-refractivity contribution < 1.29 is 28.7 Å². The molecule has 0 radical (unpaired) electrons. The number of hydrogen-bond acceptors (Lipinski definition) is 7. The average Bonchev–Trinajstić information content (AvgIpc) is 3.18. The molecule has 41 heavy (non-hydrogen) atoms. The molecule has 0 aromatic heterocycles. The molecule has 1 unspecified atom stereocenters. The molecule has 2 N–H and O–H groups in total. The Hall–Kier alpha value is -4.47. The van der Waals surface area contributed by atoms with Crippen LogP contribution in [0.4, 0.5) is 10.5 Å². The van der Waals surface area contributed by atoms with Crippen LogP contribution in [0, 0.1) is 0 Å². The van der Waals surface area contributed by atoms with Crippen molar-refractivity contribution in [3.05, 3.63) is 70.8 Å². The van der Waals surface area contributed by atoms with Gasteiger partial charge in [-0.2, -0.15) is 0 Å². The highest BCUT2D eigenvalue weighted by Gasteiger charge is 2.45. The Labute approximate surface area is 238 Å². The summed E-state index contributed by atoms with van der Waals surface area (Å²) in [5, 5.41) is 5.50. The summed E-state index contributed by atoms with van der Waals surface area (Å²) in [6, 6.07) is 12.3. The Morgan fingerprint density at radius 3 is 2.44 bits per heavy atom. The van der Waals surface area contributed by atoms with Crippen LogP contribution < -0.4 is 10.6 Å². The molecule has 1 saturated heterocycles.